The van der Waals surface area contributed by atoms with Crippen LogP contribution in [-0.4, -0.2) is 64.0 Å². The highest BCUT2D eigenvalue weighted by Gasteiger charge is 2.58. The maximum atomic E-state index is 11.1. The van der Waals surface area contributed by atoms with Gasteiger partial charge in [-0.15, -0.1) is 0 Å². The molecule has 0 aromatic rings. The third-order valence-corrected chi connectivity index (χ3v) is 3.62. The molecule has 2 aliphatic heterocycles. The molecule has 2 bridgehead atoms. The highest BCUT2D eigenvalue weighted by atomic mass is 32.2. The average Bonchev–Trinajstić information content (AvgIpc) is 2.65. The van der Waals surface area contributed by atoms with Gasteiger partial charge in [0, 0.05) is 12.8 Å². The number of aliphatic hydroxyl groups is 2. The molecule has 0 radical (unpaired) electrons. The molecule has 0 spiro atoms. The summed E-state index contributed by atoms with van der Waals surface area (Å²) in [5.41, 5.74) is 4.47. The van der Waals surface area contributed by atoms with Crippen LogP contribution in [0.3, 0.4) is 0 Å². The summed E-state index contributed by atoms with van der Waals surface area (Å²) in [5, 5.41) is 19.8. The van der Waals surface area contributed by atoms with E-state index in [0.717, 1.165) is 0 Å². The summed E-state index contributed by atoms with van der Waals surface area (Å²) >= 11 is 0. The van der Waals surface area contributed by atoms with Crippen LogP contribution in [0.4, 0.5) is 0 Å². The van der Waals surface area contributed by atoms with Crippen molar-refractivity contribution < 1.29 is 23.9 Å². The molecule has 2 aliphatic rings. The van der Waals surface area contributed by atoms with Crippen LogP contribution in [0.5, 0.6) is 0 Å². The van der Waals surface area contributed by atoms with E-state index in [1.165, 1.54) is 6.26 Å². The van der Waals surface area contributed by atoms with Crippen LogP contribution >= 0.6 is 0 Å². The van der Waals surface area contributed by atoms with E-state index in [1.54, 1.807) is 0 Å². The zero-order valence-corrected chi connectivity index (χ0v) is 9.64. The molecule has 0 saturated carbocycles. The maximum Gasteiger partial charge on any atom is 0.177 e. The van der Waals surface area contributed by atoms with E-state index in [9.17, 15) is 14.4 Å². The Morgan fingerprint density at radius 1 is 1.62 bits per heavy atom. The molecule has 6 atom stereocenters. The largest absolute Gasteiger partial charge is 0.388 e. The molecule has 2 saturated heterocycles. The monoisotopic (exact) mass is 252 g/mol. The Bertz CT molecular complexity index is 304. The van der Waals surface area contributed by atoms with Crippen molar-refractivity contribution in [2.45, 2.75) is 30.1 Å². The molecular formula is C8H16N2O5S. The van der Waals surface area contributed by atoms with Crippen LogP contribution in [0, 0.1) is 0 Å². The Balaban J connectivity index is 2.19. The first kappa shape index (κ1) is 12.4. The van der Waals surface area contributed by atoms with Crippen molar-refractivity contribution in [1.29, 1.82) is 0 Å². The number of hydrogen-bond acceptors (Lipinski definition) is 6. The Labute approximate surface area is 95.5 Å². The summed E-state index contributed by atoms with van der Waals surface area (Å²) in [6, 6.07) is -0.719. The molecule has 16 heavy (non-hydrogen) atoms. The number of fused-ring (bicyclic) bond motifs is 2. The second-order valence-corrected chi connectivity index (χ2v) is 5.24. The first-order valence-corrected chi connectivity index (χ1v) is 6.51. The SMILES string of the molecule is CS(=O)N[C@H]1C2OC[C@](CN)(O2)[C@H](O)[C@@H]1O. The maximum absolute atomic E-state index is 11.1. The van der Waals surface area contributed by atoms with Crippen LogP contribution in [0.25, 0.3) is 0 Å². The minimum atomic E-state index is -1.33. The number of hydrogen-bond donors (Lipinski definition) is 4. The predicted octanol–water partition coefficient (Wildman–Crippen LogP) is -2.96. The van der Waals surface area contributed by atoms with Crippen LogP contribution < -0.4 is 10.5 Å². The van der Waals surface area contributed by atoms with Gasteiger partial charge >= 0.3 is 0 Å². The van der Waals surface area contributed by atoms with E-state index in [4.69, 9.17) is 15.2 Å². The molecular weight excluding hydrogens is 236 g/mol. The molecule has 7 nitrogen and oxygen atoms in total. The van der Waals surface area contributed by atoms with Crippen molar-refractivity contribution >= 4 is 11.0 Å². The Hall–Kier alpha value is -0.0900. The van der Waals surface area contributed by atoms with Gasteiger partial charge in [-0.1, -0.05) is 0 Å². The molecule has 8 heteroatoms. The second kappa shape index (κ2) is 4.30. The van der Waals surface area contributed by atoms with Crippen molar-refractivity contribution in [3.8, 4) is 0 Å². The van der Waals surface area contributed by atoms with Gasteiger partial charge in [0.2, 0.25) is 0 Å². The number of nitrogens with two attached hydrogens (primary N) is 1. The highest BCUT2D eigenvalue weighted by Crippen LogP contribution is 2.36. The van der Waals surface area contributed by atoms with Gasteiger partial charge < -0.3 is 25.4 Å². The predicted molar refractivity (Wildman–Crippen MR) is 55.6 cm³/mol. The third-order valence-electron chi connectivity index (χ3n) is 3.01. The molecule has 0 amide bonds. The molecule has 0 aromatic carbocycles. The lowest BCUT2D eigenvalue weighted by Gasteiger charge is -2.42. The third kappa shape index (κ3) is 1.80. The van der Waals surface area contributed by atoms with E-state index in [2.05, 4.69) is 4.72 Å². The molecule has 2 fully saturated rings. The van der Waals surface area contributed by atoms with Crippen molar-refractivity contribution in [3.63, 3.8) is 0 Å². The fourth-order valence-electron chi connectivity index (χ4n) is 2.07. The zero-order chi connectivity index (χ0) is 11.9. The quantitative estimate of drug-likeness (QED) is 0.427. The molecule has 0 aliphatic carbocycles. The normalized spacial score (nSPS) is 49.2. The summed E-state index contributed by atoms with van der Waals surface area (Å²) < 4.78 is 24.4. The van der Waals surface area contributed by atoms with Crippen molar-refractivity contribution in [2.24, 2.45) is 5.73 Å². The topological polar surface area (TPSA) is 114 Å². The molecule has 5 N–H and O–H groups in total. The van der Waals surface area contributed by atoms with Crippen molar-refractivity contribution in [2.75, 3.05) is 19.4 Å². The number of ether oxygens (including phenoxy) is 2. The standard InChI is InChI=1S/C8H16N2O5S/c1-16(13)10-4-5(11)6(12)8(2-9)3-14-7(4)15-8/h4-7,10-12H,2-3,9H2,1H3/t4-,5-,6-,7?,8+,16?/m1/s1. The van der Waals surface area contributed by atoms with Gasteiger partial charge in [-0.05, 0) is 0 Å². The summed E-state index contributed by atoms with van der Waals surface area (Å²) in [7, 11) is -1.33. The molecule has 0 aromatic heterocycles. The van der Waals surface area contributed by atoms with Crippen LogP contribution in [-0.2, 0) is 20.5 Å². The number of nitrogens with one attached hydrogen (secondary N) is 1. The van der Waals surface area contributed by atoms with Gasteiger partial charge in [0.25, 0.3) is 0 Å². The summed E-state index contributed by atoms with van der Waals surface area (Å²) in [6.07, 6.45) is -1.57. The number of aliphatic hydroxyl groups excluding tert-OH is 2. The molecule has 2 unspecified atom stereocenters. The van der Waals surface area contributed by atoms with Crippen LogP contribution in [0.2, 0.25) is 0 Å². The lowest BCUT2D eigenvalue weighted by molar-refractivity contribution is -0.217. The molecule has 94 valence electrons. The van der Waals surface area contributed by atoms with Gasteiger partial charge in [0.05, 0.1) is 23.6 Å². The van der Waals surface area contributed by atoms with E-state index < -0.39 is 41.1 Å². The molecule has 2 rings (SSSR count). The van der Waals surface area contributed by atoms with E-state index in [1.807, 2.05) is 0 Å². The fraction of sp³-hybridized carbons (Fsp3) is 1.00. The van der Waals surface area contributed by atoms with E-state index in [-0.39, 0.29) is 13.2 Å². The molecule has 2 heterocycles. The second-order valence-electron chi connectivity index (χ2n) is 4.10. The van der Waals surface area contributed by atoms with Crippen LogP contribution in [0.15, 0.2) is 0 Å². The Morgan fingerprint density at radius 2 is 2.31 bits per heavy atom. The minimum absolute atomic E-state index is 0.0592. The van der Waals surface area contributed by atoms with Crippen molar-refractivity contribution in [1.82, 2.24) is 4.72 Å². The van der Waals surface area contributed by atoms with Gasteiger partial charge in [0.1, 0.15) is 17.8 Å². The Kier molecular flexibility index (Phi) is 3.32. The minimum Gasteiger partial charge on any atom is -0.388 e. The smallest absolute Gasteiger partial charge is 0.177 e. The lowest BCUT2D eigenvalue weighted by Crippen LogP contribution is -2.66. The first-order chi connectivity index (χ1) is 7.50. The fourth-order valence-corrected chi connectivity index (χ4v) is 2.70. The zero-order valence-electron chi connectivity index (χ0n) is 8.83. The average molecular weight is 252 g/mol. The van der Waals surface area contributed by atoms with E-state index in [0.29, 0.717) is 0 Å². The van der Waals surface area contributed by atoms with Gasteiger partial charge in [0.15, 0.2) is 6.29 Å². The summed E-state index contributed by atoms with van der Waals surface area (Å²) in [6.45, 7) is 0.185. The first-order valence-electron chi connectivity index (χ1n) is 4.95. The Morgan fingerprint density at radius 3 is 2.88 bits per heavy atom. The number of rotatable bonds is 3. The highest BCUT2D eigenvalue weighted by molar-refractivity contribution is 7.82. The van der Waals surface area contributed by atoms with E-state index >= 15 is 0 Å². The van der Waals surface area contributed by atoms with Gasteiger partial charge in [-0.25, -0.2) is 8.93 Å². The summed E-state index contributed by atoms with van der Waals surface area (Å²) in [5.74, 6) is 0. The van der Waals surface area contributed by atoms with Crippen molar-refractivity contribution in [3.05, 3.63) is 0 Å². The van der Waals surface area contributed by atoms with Crippen LogP contribution in [0.1, 0.15) is 0 Å². The summed E-state index contributed by atoms with van der Waals surface area (Å²) in [4.78, 5) is 0. The lowest BCUT2D eigenvalue weighted by atomic mass is 9.88. The van der Waals surface area contributed by atoms with Gasteiger partial charge in [-0.3, -0.25) is 0 Å². The van der Waals surface area contributed by atoms with Gasteiger partial charge in [-0.2, -0.15) is 0 Å².